The van der Waals surface area contributed by atoms with Gasteiger partial charge in [0.25, 0.3) is 0 Å². The summed E-state index contributed by atoms with van der Waals surface area (Å²) in [6.45, 7) is 0.887. The van der Waals surface area contributed by atoms with Crippen molar-refractivity contribution in [2.75, 3.05) is 6.61 Å². The molecule has 15 heavy (non-hydrogen) atoms. The topological polar surface area (TPSA) is 25.4 Å². The molecule has 1 aliphatic carbocycles. The van der Waals surface area contributed by atoms with Crippen LogP contribution in [0.1, 0.15) is 37.1 Å². The molecule has 0 amide bonds. The molecule has 4 heteroatoms. The molecule has 82 valence electrons. The third kappa shape index (κ3) is 1.77. The van der Waals surface area contributed by atoms with Gasteiger partial charge >= 0.3 is 0 Å². The maximum absolute atomic E-state index is 5.76. The minimum absolute atomic E-state index is 0.0110. The van der Waals surface area contributed by atoms with Gasteiger partial charge < -0.3 is 4.74 Å². The van der Waals surface area contributed by atoms with E-state index in [1.54, 1.807) is 11.3 Å². The van der Waals surface area contributed by atoms with Crippen LogP contribution in [0.4, 0.5) is 0 Å². The van der Waals surface area contributed by atoms with Crippen LogP contribution in [0.25, 0.3) is 0 Å². The van der Waals surface area contributed by atoms with Crippen LogP contribution in [-0.4, -0.2) is 11.6 Å². The molecule has 1 saturated carbocycles. The zero-order valence-electron chi connectivity index (χ0n) is 8.54. The number of hydrogen-bond acceptors (Lipinski definition) is 3. The molecule has 1 aromatic heterocycles. The first-order valence-electron chi connectivity index (χ1n) is 5.57. The van der Waals surface area contributed by atoms with Crippen molar-refractivity contribution in [1.29, 1.82) is 0 Å². The smallest absolute Gasteiger partial charge is 0.146 e. The fraction of sp³-hybridized carbons (Fsp3) is 0.727. The zero-order chi connectivity index (χ0) is 10.3. The number of ether oxygens (including phenoxy) is 1. The van der Waals surface area contributed by atoms with Gasteiger partial charge in [0.1, 0.15) is 10.6 Å². The van der Waals surface area contributed by atoms with Crippen LogP contribution in [-0.2, 0) is 10.3 Å². The van der Waals surface area contributed by atoms with Crippen molar-refractivity contribution in [2.24, 2.45) is 5.92 Å². The number of aromatic nitrogens is 1. The molecule has 1 atom stereocenters. The molecule has 2 fully saturated rings. The van der Waals surface area contributed by atoms with Gasteiger partial charge in [0.05, 0.1) is 16.6 Å². The van der Waals surface area contributed by atoms with Crippen molar-refractivity contribution in [3.05, 3.63) is 15.0 Å². The van der Waals surface area contributed by atoms with Gasteiger partial charge in [0, 0.05) is 0 Å². The van der Waals surface area contributed by atoms with E-state index < -0.39 is 0 Å². The Morgan fingerprint density at radius 1 is 1.40 bits per heavy atom. The second-order valence-electron chi connectivity index (χ2n) is 4.48. The average Bonchev–Trinajstić information content (AvgIpc) is 2.98. The van der Waals surface area contributed by atoms with E-state index in [-0.39, 0.29) is 5.60 Å². The molecule has 1 saturated heterocycles. The molecular formula is C11H14BrNOS. The molecule has 1 aromatic rings. The van der Waals surface area contributed by atoms with Crippen molar-refractivity contribution >= 4 is 27.3 Å². The average molecular weight is 288 g/mol. The van der Waals surface area contributed by atoms with Crippen LogP contribution in [0.15, 0.2) is 9.98 Å². The quantitative estimate of drug-likeness (QED) is 0.775. The van der Waals surface area contributed by atoms with Crippen LogP contribution in [0.3, 0.4) is 0 Å². The molecule has 1 aliphatic heterocycles. The summed E-state index contributed by atoms with van der Waals surface area (Å²) >= 11 is 5.21. The van der Waals surface area contributed by atoms with Gasteiger partial charge in [-0.15, -0.1) is 11.3 Å². The summed E-state index contributed by atoms with van der Waals surface area (Å²) in [6.07, 6.45) is 8.65. The minimum Gasteiger partial charge on any atom is -0.362 e. The van der Waals surface area contributed by atoms with E-state index >= 15 is 0 Å². The highest BCUT2D eigenvalue weighted by Crippen LogP contribution is 2.52. The number of rotatable bonds is 2. The van der Waals surface area contributed by atoms with E-state index in [0.717, 1.165) is 10.4 Å². The number of hydrogen-bond donors (Lipinski definition) is 0. The Bertz CT molecular complexity index is 355. The van der Waals surface area contributed by atoms with Gasteiger partial charge in [-0.25, -0.2) is 4.98 Å². The number of thiazole rings is 1. The zero-order valence-corrected chi connectivity index (χ0v) is 10.9. The molecule has 2 aliphatic rings. The lowest BCUT2D eigenvalue weighted by molar-refractivity contribution is 0.173. The lowest BCUT2D eigenvalue weighted by Gasteiger charge is -2.26. The van der Waals surface area contributed by atoms with Crippen molar-refractivity contribution in [3.8, 4) is 0 Å². The third-order valence-electron chi connectivity index (χ3n) is 3.56. The summed E-state index contributed by atoms with van der Waals surface area (Å²) in [5, 5.41) is 1.18. The first-order valence-corrected chi connectivity index (χ1v) is 7.18. The van der Waals surface area contributed by atoms with E-state index in [1.807, 2.05) is 6.20 Å². The Morgan fingerprint density at radius 3 is 2.67 bits per heavy atom. The molecule has 0 spiro atoms. The van der Waals surface area contributed by atoms with Crippen molar-refractivity contribution in [3.63, 3.8) is 0 Å². The molecular weight excluding hydrogens is 274 g/mol. The molecule has 3 rings (SSSR count). The maximum atomic E-state index is 5.76. The minimum atomic E-state index is 0.0110. The Hall–Kier alpha value is 0.0700. The van der Waals surface area contributed by atoms with Gasteiger partial charge in [0.2, 0.25) is 0 Å². The van der Waals surface area contributed by atoms with Crippen molar-refractivity contribution in [2.45, 2.75) is 37.7 Å². The fourth-order valence-corrected chi connectivity index (χ4v) is 4.05. The Kier molecular flexibility index (Phi) is 2.61. The number of epoxide rings is 1. The van der Waals surface area contributed by atoms with E-state index in [4.69, 9.17) is 4.74 Å². The molecule has 2 heterocycles. The van der Waals surface area contributed by atoms with Gasteiger partial charge in [-0.05, 0) is 34.7 Å². The van der Waals surface area contributed by atoms with Crippen LogP contribution in [0.2, 0.25) is 0 Å². The van der Waals surface area contributed by atoms with Crippen molar-refractivity contribution in [1.82, 2.24) is 4.98 Å². The van der Waals surface area contributed by atoms with Crippen LogP contribution in [0, 0.1) is 5.92 Å². The lowest BCUT2D eigenvalue weighted by Crippen LogP contribution is -2.24. The Morgan fingerprint density at radius 2 is 2.13 bits per heavy atom. The Balaban J connectivity index is 1.83. The molecule has 2 nitrogen and oxygen atoms in total. The molecule has 0 N–H and O–H groups in total. The van der Waals surface area contributed by atoms with E-state index in [9.17, 15) is 0 Å². The molecule has 0 radical (unpaired) electrons. The first kappa shape index (κ1) is 10.2. The normalized spacial score (nSPS) is 31.8. The largest absolute Gasteiger partial charge is 0.362 e. The summed E-state index contributed by atoms with van der Waals surface area (Å²) in [5.41, 5.74) is 0.0110. The second-order valence-corrected chi connectivity index (χ2v) is 6.89. The van der Waals surface area contributed by atoms with Gasteiger partial charge in [-0.3, -0.25) is 0 Å². The molecule has 0 bridgehead atoms. The van der Waals surface area contributed by atoms with Gasteiger partial charge in [-0.1, -0.05) is 19.3 Å². The highest BCUT2D eigenvalue weighted by Gasteiger charge is 2.54. The van der Waals surface area contributed by atoms with Gasteiger partial charge in [-0.2, -0.15) is 0 Å². The fourth-order valence-electron chi connectivity index (χ4n) is 2.63. The summed E-state index contributed by atoms with van der Waals surface area (Å²) in [4.78, 5) is 4.47. The lowest BCUT2D eigenvalue weighted by atomic mass is 9.80. The second kappa shape index (κ2) is 3.82. The summed E-state index contributed by atoms with van der Waals surface area (Å²) in [7, 11) is 0. The molecule has 0 aromatic carbocycles. The van der Waals surface area contributed by atoms with E-state index in [0.29, 0.717) is 5.92 Å². The predicted molar refractivity (Wildman–Crippen MR) is 64.0 cm³/mol. The number of halogens is 1. The monoisotopic (exact) mass is 287 g/mol. The van der Waals surface area contributed by atoms with E-state index in [2.05, 4.69) is 20.9 Å². The summed E-state index contributed by atoms with van der Waals surface area (Å²) < 4.78 is 6.88. The van der Waals surface area contributed by atoms with Crippen LogP contribution >= 0.6 is 27.3 Å². The highest BCUT2D eigenvalue weighted by molar-refractivity contribution is 9.11. The van der Waals surface area contributed by atoms with Crippen LogP contribution < -0.4 is 0 Å². The van der Waals surface area contributed by atoms with E-state index in [1.165, 1.54) is 37.1 Å². The molecule has 1 unspecified atom stereocenters. The Labute approximate surface area is 102 Å². The predicted octanol–water partition coefficient (Wildman–Crippen LogP) is 3.71. The van der Waals surface area contributed by atoms with Crippen LogP contribution in [0.5, 0.6) is 0 Å². The maximum Gasteiger partial charge on any atom is 0.146 e. The summed E-state index contributed by atoms with van der Waals surface area (Å²) in [5.74, 6) is 0.712. The number of nitrogens with zero attached hydrogens (tertiary/aromatic N) is 1. The third-order valence-corrected chi connectivity index (χ3v) is 5.19. The van der Waals surface area contributed by atoms with Crippen molar-refractivity contribution < 1.29 is 4.74 Å². The SMILES string of the molecule is Brc1cnc(C2(C3CCCCC3)CO2)s1. The first-order chi connectivity index (χ1) is 7.31. The standard InChI is InChI=1S/C11H14BrNOS/c12-9-6-13-10(15-9)11(7-14-11)8-4-2-1-3-5-8/h6,8H,1-5,7H2. The van der Waals surface area contributed by atoms with Gasteiger partial charge in [0.15, 0.2) is 0 Å². The summed E-state index contributed by atoms with van der Waals surface area (Å²) in [6, 6.07) is 0. The highest BCUT2D eigenvalue weighted by atomic mass is 79.9.